The maximum atomic E-state index is 11.9. The summed E-state index contributed by atoms with van der Waals surface area (Å²) in [5, 5.41) is 11.6. The van der Waals surface area contributed by atoms with E-state index in [9.17, 15) is 9.59 Å². The molecule has 0 aliphatic rings. The SMILES string of the molecule is COc1ccc(CC(=O)NCc2cc(C(=O)O)ccn2)cc1. The van der Waals surface area contributed by atoms with E-state index in [1.165, 1.54) is 18.3 Å². The monoisotopic (exact) mass is 300 g/mol. The number of aromatic carboxylic acids is 1. The molecule has 2 N–H and O–H groups in total. The minimum Gasteiger partial charge on any atom is -0.497 e. The fourth-order valence-corrected chi connectivity index (χ4v) is 1.89. The van der Waals surface area contributed by atoms with Crippen LogP contribution in [0.1, 0.15) is 21.6 Å². The van der Waals surface area contributed by atoms with E-state index in [-0.39, 0.29) is 24.4 Å². The molecule has 0 saturated carbocycles. The van der Waals surface area contributed by atoms with Crippen molar-refractivity contribution in [2.24, 2.45) is 0 Å². The second-order valence-electron chi connectivity index (χ2n) is 4.64. The summed E-state index contributed by atoms with van der Waals surface area (Å²) < 4.78 is 5.05. The number of ether oxygens (including phenoxy) is 1. The van der Waals surface area contributed by atoms with E-state index < -0.39 is 5.97 Å². The number of pyridine rings is 1. The van der Waals surface area contributed by atoms with Crippen molar-refractivity contribution >= 4 is 11.9 Å². The summed E-state index contributed by atoms with van der Waals surface area (Å²) in [7, 11) is 1.58. The number of hydrogen-bond donors (Lipinski definition) is 2. The van der Waals surface area contributed by atoms with E-state index in [0.717, 1.165) is 11.3 Å². The van der Waals surface area contributed by atoms with Crippen LogP contribution in [-0.4, -0.2) is 29.1 Å². The van der Waals surface area contributed by atoms with Crippen LogP contribution in [0.15, 0.2) is 42.6 Å². The van der Waals surface area contributed by atoms with E-state index in [2.05, 4.69) is 10.3 Å². The Morgan fingerprint density at radius 3 is 2.59 bits per heavy atom. The number of nitrogens with zero attached hydrogens (tertiary/aromatic N) is 1. The van der Waals surface area contributed by atoms with E-state index in [1.54, 1.807) is 19.2 Å². The normalized spacial score (nSPS) is 10.0. The largest absolute Gasteiger partial charge is 0.497 e. The van der Waals surface area contributed by atoms with Gasteiger partial charge in [-0.2, -0.15) is 0 Å². The van der Waals surface area contributed by atoms with E-state index in [4.69, 9.17) is 9.84 Å². The molecule has 0 atom stereocenters. The van der Waals surface area contributed by atoms with Gasteiger partial charge < -0.3 is 15.2 Å². The summed E-state index contributed by atoms with van der Waals surface area (Å²) in [6.07, 6.45) is 1.65. The van der Waals surface area contributed by atoms with Gasteiger partial charge in [-0.25, -0.2) is 4.79 Å². The molecule has 22 heavy (non-hydrogen) atoms. The highest BCUT2D eigenvalue weighted by Gasteiger charge is 2.07. The summed E-state index contributed by atoms with van der Waals surface area (Å²) in [6.45, 7) is 0.191. The molecule has 0 spiro atoms. The summed E-state index contributed by atoms with van der Waals surface area (Å²) >= 11 is 0. The lowest BCUT2D eigenvalue weighted by atomic mass is 10.1. The predicted octanol–water partition coefficient (Wildman–Crippen LogP) is 1.65. The second kappa shape index (κ2) is 7.21. The van der Waals surface area contributed by atoms with Crippen molar-refractivity contribution in [1.29, 1.82) is 0 Å². The zero-order valence-electron chi connectivity index (χ0n) is 12.1. The first-order chi connectivity index (χ1) is 10.6. The average molecular weight is 300 g/mol. The zero-order valence-corrected chi connectivity index (χ0v) is 12.1. The minimum absolute atomic E-state index is 0.148. The standard InChI is InChI=1S/C16H16N2O4/c1-22-14-4-2-11(3-5-14)8-15(19)18-10-13-9-12(16(20)21)6-7-17-13/h2-7,9H,8,10H2,1H3,(H,18,19)(H,20,21). The maximum Gasteiger partial charge on any atom is 0.335 e. The number of carboxylic acids is 1. The van der Waals surface area contributed by atoms with Gasteiger partial charge in [-0.15, -0.1) is 0 Å². The number of carbonyl (C=O) groups is 2. The lowest BCUT2D eigenvalue weighted by Gasteiger charge is -2.06. The van der Waals surface area contributed by atoms with Gasteiger partial charge in [-0.05, 0) is 29.8 Å². The topological polar surface area (TPSA) is 88.5 Å². The highest BCUT2D eigenvalue weighted by Crippen LogP contribution is 2.11. The van der Waals surface area contributed by atoms with Crippen molar-refractivity contribution in [2.75, 3.05) is 7.11 Å². The molecule has 0 aliphatic carbocycles. The van der Waals surface area contributed by atoms with Crippen LogP contribution in [0, 0.1) is 0 Å². The van der Waals surface area contributed by atoms with Crippen LogP contribution in [0.5, 0.6) is 5.75 Å². The van der Waals surface area contributed by atoms with Gasteiger partial charge in [0.15, 0.2) is 0 Å². The third kappa shape index (κ3) is 4.31. The van der Waals surface area contributed by atoms with Crippen LogP contribution >= 0.6 is 0 Å². The first kappa shape index (κ1) is 15.5. The van der Waals surface area contributed by atoms with Gasteiger partial charge in [-0.3, -0.25) is 9.78 Å². The van der Waals surface area contributed by atoms with Gasteiger partial charge in [0.25, 0.3) is 0 Å². The molecule has 6 heteroatoms. The van der Waals surface area contributed by atoms with Gasteiger partial charge in [0.05, 0.1) is 31.3 Å². The molecule has 1 aromatic carbocycles. The molecule has 0 bridgehead atoms. The molecule has 0 fully saturated rings. The van der Waals surface area contributed by atoms with Crippen molar-refractivity contribution in [2.45, 2.75) is 13.0 Å². The van der Waals surface area contributed by atoms with Crippen LogP contribution in [0.25, 0.3) is 0 Å². The first-order valence-corrected chi connectivity index (χ1v) is 6.66. The summed E-state index contributed by atoms with van der Waals surface area (Å²) in [5.74, 6) is -0.445. The number of carboxylic acid groups (broad SMARTS) is 1. The number of carbonyl (C=O) groups excluding carboxylic acids is 1. The fraction of sp³-hybridized carbons (Fsp3) is 0.188. The smallest absolute Gasteiger partial charge is 0.335 e. The summed E-state index contributed by atoms with van der Waals surface area (Å²) in [4.78, 5) is 26.8. The number of methoxy groups -OCH3 is 1. The third-order valence-electron chi connectivity index (χ3n) is 3.05. The number of hydrogen-bond acceptors (Lipinski definition) is 4. The molecule has 0 unspecified atom stereocenters. The van der Waals surface area contributed by atoms with Gasteiger partial charge in [0.1, 0.15) is 5.75 Å². The Balaban J connectivity index is 1.89. The van der Waals surface area contributed by atoms with Crippen molar-refractivity contribution < 1.29 is 19.4 Å². The molecule has 1 aromatic heterocycles. The van der Waals surface area contributed by atoms with Gasteiger partial charge in [0, 0.05) is 6.20 Å². The first-order valence-electron chi connectivity index (χ1n) is 6.66. The molecule has 2 rings (SSSR count). The van der Waals surface area contributed by atoms with Gasteiger partial charge >= 0.3 is 5.97 Å². The quantitative estimate of drug-likeness (QED) is 0.846. The number of aromatic nitrogens is 1. The second-order valence-corrected chi connectivity index (χ2v) is 4.64. The van der Waals surface area contributed by atoms with Crippen LogP contribution in [0.3, 0.4) is 0 Å². The van der Waals surface area contributed by atoms with Gasteiger partial charge in [0.2, 0.25) is 5.91 Å². The van der Waals surface area contributed by atoms with E-state index in [0.29, 0.717) is 5.69 Å². The Morgan fingerprint density at radius 1 is 1.23 bits per heavy atom. The summed E-state index contributed by atoms with van der Waals surface area (Å²) in [6, 6.07) is 10.1. The number of amides is 1. The van der Waals surface area contributed by atoms with Crippen molar-refractivity contribution in [1.82, 2.24) is 10.3 Å². The number of nitrogens with one attached hydrogen (secondary N) is 1. The van der Waals surface area contributed by atoms with Crippen LogP contribution in [0.2, 0.25) is 0 Å². The Labute approximate surface area is 127 Å². The Kier molecular flexibility index (Phi) is 5.08. The molecule has 0 radical (unpaired) electrons. The Morgan fingerprint density at radius 2 is 1.95 bits per heavy atom. The molecule has 0 aliphatic heterocycles. The van der Waals surface area contributed by atoms with Crippen LogP contribution in [-0.2, 0) is 17.8 Å². The molecule has 1 amide bonds. The van der Waals surface area contributed by atoms with E-state index in [1.807, 2.05) is 12.1 Å². The molecule has 114 valence electrons. The van der Waals surface area contributed by atoms with Crippen molar-refractivity contribution in [3.63, 3.8) is 0 Å². The molecule has 6 nitrogen and oxygen atoms in total. The highest BCUT2D eigenvalue weighted by atomic mass is 16.5. The Bertz CT molecular complexity index is 668. The van der Waals surface area contributed by atoms with E-state index >= 15 is 0 Å². The van der Waals surface area contributed by atoms with Crippen molar-refractivity contribution in [3.8, 4) is 5.75 Å². The zero-order chi connectivity index (χ0) is 15.9. The van der Waals surface area contributed by atoms with Crippen molar-refractivity contribution in [3.05, 3.63) is 59.4 Å². The molecule has 1 heterocycles. The number of rotatable bonds is 6. The molecule has 0 saturated heterocycles. The number of benzene rings is 1. The molecular formula is C16H16N2O4. The lowest BCUT2D eigenvalue weighted by Crippen LogP contribution is -2.25. The molecule has 2 aromatic rings. The van der Waals surface area contributed by atoms with Gasteiger partial charge in [-0.1, -0.05) is 12.1 Å². The average Bonchev–Trinajstić information content (AvgIpc) is 2.54. The van der Waals surface area contributed by atoms with Crippen LogP contribution in [0.4, 0.5) is 0 Å². The fourth-order valence-electron chi connectivity index (χ4n) is 1.89. The summed E-state index contributed by atoms with van der Waals surface area (Å²) in [5.41, 5.74) is 1.52. The lowest BCUT2D eigenvalue weighted by molar-refractivity contribution is -0.120. The molecular weight excluding hydrogens is 284 g/mol. The third-order valence-corrected chi connectivity index (χ3v) is 3.05. The van der Waals surface area contributed by atoms with Crippen LogP contribution < -0.4 is 10.1 Å². The Hall–Kier alpha value is -2.89. The minimum atomic E-state index is -1.02. The highest BCUT2D eigenvalue weighted by molar-refractivity contribution is 5.87. The maximum absolute atomic E-state index is 11.9. The predicted molar refractivity (Wildman–Crippen MR) is 79.7 cm³/mol.